The number of rotatable bonds is 12. The van der Waals surface area contributed by atoms with Gasteiger partial charge in [0.1, 0.15) is 6.26 Å². The predicted molar refractivity (Wildman–Crippen MR) is 161 cm³/mol. The number of carboxylic acid groups (broad SMARTS) is 1. The molecule has 3 N–H and O–H groups in total. The van der Waals surface area contributed by atoms with Crippen LogP contribution in [0.25, 0.3) is 5.76 Å². The number of halogens is 1. The Kier molecular flexibility index (Phi) is 9.95. The Morgan fingerprint density at radius 3 is 2.30 bits per heavy atom. The zero-order chi connectivity index (χ0) is 29.9. The number of hydrogen-bond donors (Lipinski definition) is 3. The summed E-state index contributed by atoms with van der Waals surface area (Å²) in [6, 6.07) is 14.5. The van der Waals surface area contributed by atoms with Gasteiger partial charge in [-0.1, -0.05) is 81.2 Å². The van der Waals surface area contributed by atoms with E-state index >= 15 is 0 Å². The van der Waals surface area contributed by atoms with E-state index in [-0.39, 0.29) is 17.2 Å². The molecule has 0 saturated carbocycles. The summed E-state index contributed by atoms with van der Waals surface area (Å²) in [5.41, 5.74) is 2.26. The van der Waals surface area contributed by atoms with Crippen LogP contribution < -0.4 is 5.32 Å². The molecular weight excluding hydrogens is 566 g/mol. The van der Waals surface area contributed by atoms with Crippen molar-refractivity contribution in [3.05, 3.63) is 76.5 Å². The lowest BCUT2D eigenvalue weighted by Crippen LogP contribution is -2.60. The fourth-order valence-corrected chi connectivity index (χ4v) is 16.5. The number of esters is 1. The first-order valence-corrected chi connectivity index (χ1v) is 20.8. The molecule has 0 fully saturated rings. The maximum atomic E-state index is 13.3. The Morgan fingerprint density at radius 2 is 1.70 bits per heavy atom. The molecule has 40 heavy (non-hydrogen) atoms. The standard InChI is InChI=1S/C29H40ClNO7Si2/c1-19(31-17-24(32)21-11-9-13-23(30)16-21)14-20-10-8-12-22(15-20)25-18-36-29(38-25,26(33)34)27(35)37-28(39(2,3)4)40(5,6)7/h8-13,15-16,18-19,24,28,31-32H,14,17H2,1-7H3,(H,33,34). The highest BCUT2D eigenvalue weighted by molar-refractivity contribution is 6.96. The highest BCUT2D eigenvalue weighted by Gasteiger charge is 2.59. The molecule has 2 aromatic carbocycles. The smallest absolute Gasteiger partial charge is 0.452 e. The van der Waals surface area contributed by atoms with Gasteiger partial charge in [-0.15, -0.1) is 0 Å². The molecular formula is C29H40ClNO7Si2. The molecule has 0 amide bonds. The maximum absolute atomic E-state index is 13.3. The van der Waals surface area contributed by atoms with E-state index in [9.17, 15) is 19.8 Å². The van der Waals surface area contributed by atoms with Gasteiger partial charge in [-0.2, -0.15) is 0 Å². The van der Waals surface area contributed by atoms with Crippen LogP contribution in [0.2, 0.25) is 44.3 Å². The first-order valence-electron chi connectivity index (χ1n) is 13.3. The first kappa shape index (κ1) is 31.9. The number of benzene rings is 2. The maximum Gasteiger partial charge on any atom is 0.452 e. The second kappa shape index (κ2) is 12.5. The summed E-state index contributed by atoms with van der Waals surface area (Å²) in [5, 5.41) is 24.1. The number of ether oxygens (including phenoxy) is 3. The largest absolute Gasteiger partial charge is 0.475 e. The highest BCUT2D eigenvalue weighted by Crippen LogP contribution is 2.35. The molecule has 0 aliphatic carbocycles. The van der Waals surface area contributed by atoms with E-state index in [1.165, 1.54) is 0 Å². The molecule has 3 atom stereocenters. The summed E-state index contributed by atoms with van der Waals surface area (Å²) >= 11 is 6.03. The number of aliphatic carboxylic acids is 1. The van der Waals surface area contributed by atoms with Crippen molar-refractivity contribution in [2.75, 3.05) is 6.54 Å². The van der Waals surface area contributed by atoms with Crippen LogP contribution in [0.3, 0.4) is 0 Å². The third-order valence-corrected chi connectivity index (χ3v) is 15.4. The van der Waals surface area contributed by atoms with Gasteiger partial charge in [0, 0.05) is 23.2 Å². The normalized spacial score (nSPS) is 18.9. The molecule has 0 aromatic heterocycles. The van der Waals surface area contributed by atoms with Crippen LogP contribution >= 0.6 is 11.6 Å². The second-order valence-electron chi connectivity index (χ2n) is 12.4. The number of hydrogen-bond acceptors (Lipinski definition) is 7. The Balaban J connectivity index is 1.68. The van der Waals surface area contributed by atoms with E-state index in [1.54, 1.807) is 24.3 Å². The minimum Gasteiger partial charge on any atom is -0.475 e. The van der Waals surface area contributed by atoms with Crippen molar-refractivity contribution >= 4 is 45.4 Å². The van der Waals surface area contributed by atoms with Crippen LogP contribution in [0.1, 0.15) is 29.7 Å². The number of carbonyl (C=O) groups is 2. The van der Waals surface area contributed by atoms with Gasteiger partial charge in [0.25, 0.3) is 0 Å². The Bertz CT molecular complexity index is 1240. The van der Waals surface area contributed by atoms with Gasteiger partial charge in [-0.25, -0.2) is 9.59 Å². The van der Waals surface area contributed by atoms with Crippen LogP contribution in [-0.2, 0) is 30.2 Å². The Labute approximate surface area is 243 Å². The molecule has 11 heteroatoms. The number of aliphatic hydroxyl groups is 1. The van der Waals surface area contributed by atoms with Crippen molar-refractivity contribution in [1.29, 1.82) is 0 Å². The van der Waals surface area contributed by atoms with Crippen molar-refractivity contribution in [1.82, 2.24) is 5.32 Å². The number of carboxylic acids is 1. The minimum atomic E-state index is -2.59. The molecule has 0 spiro atoms. The van der Waals surface area contributed by atoms with Crippen molar-refractivity contribution in [2.45, 2.75) is 75.9 Å². The molecule has 0 saturated heterocycles. The average molecular weight is 606 g/mol. The molecule has 3 unspecified atom stereocenters. The van der Waals surface area contributed by atoms with Crippen LogP contribution in [0.4, 0.5) is 0 Å². The van der Waals surface area contributed by atoms with Gasteiger partial charge in [0.15, 0.2) is 5.76 Å². The summed E-state index contributed by atoms with van der Waals surface area (Å²) in [7, 11) is -3.95. The Morgan fingerprint density at radius 1 is 1.05 bits per heavy atom. The van der Waals surface area contributed by atoms with E-state index in [2.05, 4.69) is 44.6 Å². The van der Waals surface area contributed by atoms with Crippen molar-refractivity contribution in [2.24, 2.45) is 0 Å². The summed E-state index contributed by atoms with van der Waals surface area (Å²) in [6.45, 7) is 14.9. The van der Waals surface area contributed by atoms with Gasteiger partial charge >= 0.3 is 17.7 Å². The third kappa shape index (κ3) is 7.76. The van der Waals surface area contributed by atoms with Crippen LogP contribution in [0.5, 0.6) is 0 Å². The van der Waals surface area contributed by atoms with E-state index in [1.807, 2.05) is 31.2 Å². The van der Waals surface area contributed by atoms with Crippen molar-refractivity contribution in [3.63, 3.8) is 0 Å². The molecule has 1 aliphatic rings. The summed E-state index contributed by atoms with van der Waals surface area (Å²) in [6.07, 6.45) is 1.09. The monoisotopic (exact) mass is 605 g/mol. The fourth-order valence-electron chi connectivity index (χ4n) is 5.00. The van der Waals surface area contributed by atoms with Gasteiger partial charge in [0.2, 0.25) is 0 Å². The number of carbonyl (C=O) groups excluding carboxylic acids is 1. The quantitative estimate of drug-likeness (QED) is 0.168. The third-order valence-electron chi connectivity index (χ3n) is 6.58. The van der Waals surface area contributed by atoms with E-state index in [0.717, 1.165) is 17.4 Å². The molecule has 1 aliphatic heterocycles. The number of aliphatic hydroxyl groups excluding tert-OH is 1. The molecule has 218 valence electrons. The van der Waals surface area contributed by atoms with Crippen LogP contribution in [-0.4, -0.2) is 62.0 Å². The Hall–Kier alpha value is -2.64. The zero-order valence-corrected chi connectivity index (χ0v) is 26.9. The van der Waals surface area contributed by atoms with Crippen LogP contribution in [0.15, 0.2) is 54.8 Å². The molecule has 2 aromatic rings. The fraction of sp³-hybridized carbons (Fsp3) is 0.448. The lowest BCUT2D eigenvalue weighted by molar-refractivity contribution is -0.211. The van der Waals surface area contributed by atoms with Gasteiger partial charge < -0.3 is 29.7 Å². The SMILES string of the molecule is CC(Cc1cccc(C2=COC(C(=O)O)(C(=O)OC([Si](C)(C)C)[Si](C)(C)C)O2)c1)NCC(O)c1cccc(Cl)c1. The second-order valence-corrected chi connectivity index (χ2v) is 24.0. The van der Waals surface area contributed by atoms with Crippen LogP contribution in [0, 0.1) is 0 Å². The number of nitrogens with one attached hydrogen (secondary N) is 1. The van der Waals surface area contributed by atoms with E-state index < -0.39 is 40.0 Å². The topological polar surface area (TPSA) is 114 Å². The first-order chi connectivity index (χ1) is 18.5. The van der Waals surface area contributed by atoms with Crippen molar-refractivity contribution in [3.8, 4) is 0 Å². The summed E-state index contributed by atoms with van der Waals surface area (Å²) < 4.78 is 17.0. The van der Waals surface area contributed by atoms with E-state index in [0.29, 0.717) is 23.6 Å². The van der Waals surface area contributed by atoms with E-state index in [4.69, 9.17) is 25.8 Å². The summed E-state index contributed by atoms with van der Waals surface area (Å²) in [4.78, 5) is 25.6. The molecule has 3 rings (SSSR count). The average Bonchev–Trinajstić information content (AvgIpc) is 3.32. The van der Waals surface area contributed by atoms with Gasteiger partial charge in [-0.05, 0) is 42.7 Å². The zero-order valence-electron chi connectivity index (χ0n) is 24.2. The highest BCUT2D eigenvalue weighted by atomic mass is 35.5. The lowest BCUT2D eigenvalue weighted by atomic mass is 10.0. The molecule has 1 heterocycles. The molecule has 8 nitrogen and oxygen atoms in total. The lowest BCUT2D eigenvalue weighted by Gasteiger charge is -2.38. The molecule has 0 radical (unpaired) electrons. The minimum absolute atomic E-state index is 0.0203. The predicted octanol–water partition coefficient (Wildman–Crippen LogP) is 5.39. The van der Waals surface area contributed by atoms with Crippen molar-refractivity contribution < 1.29 is 34.0 Å². The van der Waals surface area contributed by atoms with Gasteiger partial charge in [-0.3, -0.25) is 0 Å². The molecule has 0 bridgehead atoms. The van der Waals surface area contributed by atoms with Gasteiger partial charge in [0.05, 0.1) is 27.6 Å². The summed E-state index contributed by atoms with van der Waals surface area (Å²) in [5.74, 6) is -5.07.